The average molecular weight is 421 g/mol. The van der Waals surface area contributed by atoms with Gasteiger partial charge in [-0.1, -0.05) is 0 Å². The lowest BCUT2D eigenvalue weighted by Crippen LogP contribution is -2.36. The molecule has 2 amide bonds. The molecule has 1 aromatic heterocycles. The molecule has 1 N–H and O–H groups in total. The molecule has 0 unspecified atom stereocenters. The van der Waals surface area contributed by atoms with E-state index in [0.717, 1.165) is 0 Å². The first-order valence-corrected chi connectivity index (χ1v) is 9.40. The van der Waals surface area contributed by atoms with Crippen LogP contribution in [0.5, 0.6) is 11.5 Å². The summed E-state index contributed by atoms with van der Waals surface area (Å²) < 4.78 is 25.8. The van der Waals surface area contributed by atoms with Crippen LogP contribution in [-0.2, 0) is 16.0 Å². The Kier molecular flexibility index (Phi) is 8.95. The number of anilines is 1. The molecule has 0 aliphatic carbocycles. The third-order valence-corrected chi connectivity index (χ3v) is 4.13. The number of carbonyl (C=O) groups is 2. The number of methoxy groups -OCH3 is 3. The number of nitrogens with one attached hydrogen (secondary N) is 1. The third-order valence-electron chi connectivity index (χ3n) is 4.13. The van der Waals surface area contributed by atoms with E-state index >= 15 is 0 Å². The first-order chi connectivity index (χ1) is 14.5. The molecule has 0 bridgehead atoms. The number of ether oxygens (including phenoxy) is 4. The zero-order valence-corrected chi connectivity index (χ0v) is 17.6. The van der Waals surface area contributed by atoms with E-state index in [1.807, 2.05) is 6.92 Å². The van der Waals surface area contributed by atoms with E-state index in [1.165, 1.54) is 25.4 Å². The smallest absolute Gasteiger partial charge is 0.360 e. The predicted molar refractivity (Wildman–Crippen MR) is 108 cm³/mol. The Morgan fingerprint density at radius 3 is 2.67 bits per heavy atom. The van der Waals surface area contributed by atoms with Gasteiger partial charge in [-0.15, -0.1) is 0 Å². The Hall–Kier alpha value is -3.27. The second kappa shape index (κ2) is 11.7. The molecule has 1 aromatic carbocycles. The Morgan fingerprint density at radius 2 is 2.00 bits per heavy atom. The van der Waals surface area contributed by atoms with Crippen LogP contribution in [0.3, 0.4) is 0 Å². The van der Waals surface area contributed by atoms with E-state index in [4.69, 9.17) is 18.6 Å². The van der Waals surface area contributed by atoms with Gasteiger partial charge in [0, 0.05) is 25.8 Å². The highest BCUT2D eigenvalue weighted by Gasteiger charge is 2.20. The Bertz CT molecular complexity index is 838. The van der Waals surface area contributed by atoms with Crippen LogP contribution in [0.4, 0.5) is 10.5 Å². The molecule has 0 saturated heterocycles. The monoisotopic (exact) mass is 421 g/mol. The van der Waals surface area contributed by atoms with Gasteiger partial charge in [0.1, 0.15) is 17.8 Å². The van der Waals surface area contributed by atoms with Gasteiger partial charge in [-0.25, -0.2) is 14.6 Å². The second-order valence-electron chi connectivity index (χ2n) is 6.09. The molecule has 30 heavy (non-hydrogen) atoms. The minimum Gasteiger partial charge on any atom is -0.497 e. The van der Waals surface area contributed by atoms with Crippen LogP contribution < -0.4 is 14.8 Å². The van der Waals surface area contributed by atoms with Crippen molar-refractivity contribution in [1.29, 1.82) is 0 Å². The molecule has 0 aliphatic rings. The van der Waals surface area contributed by atoms with Crippen LogP contribution in [0.2, 0.25) is 0 Å². The first kappa shape index (κ1) is 23.0. The van der Waals surface area contributed by atoms with Gasteiger partial charge in [-0.05, 0) is 25.5 Å². The number of nitrogens with zero attached hydrogens (tertiary/aromatic N) is 2. The second-order valence-corrected chi connectivity index (χ2v) is 6.09. The van der Waals surface area contributed by atoms with Crippen molar-refractivity contribution in [2.75, 3.05) is 46.4 Å². The molecule has 0 saturated carbocycles. The highest BCUT2D eigenvalue weighted by atomic mass is 16.5. The molecular formula is C20H27N3O7. The maximum atomic E-state index is 12.9. The highest BCUT2D eigenvalue weighted by Crippen LogP contribution is 2.29. The van der Waals surface area contributed by atoms with Crippen LogP contribution in [0.1, 0.15) is 29.7 Å². The number of carbonyl (C=O) groups excluding carboxylic acids is 2. The number of amides is 2. The average Bonchev–Trinajstić information content (AvgIpc) is 3.24. The largest absolute Gasteiger partial charge is 0.497 e. The van der Waals surface area contributed by atoms with Crippen LogP contribution in [0.25, 0.3) is 0 Å². The number of hydrogen-bond donors (Lipinski definition) is 1. The van der Waals surface area contributed by atoms with Crippen molar-refractivity contribution < 1.29 is 33.0 Å². The van der Waals surface area contributed by atoms with E-state index in [9.17, 15) is 9.59 Å². The summed E-state index contributed by atoms with van der Waals surface area (Å²) in [6.07, 6.45) is 1.82. The van der Waals surface area contributed by atoms with E-state index in [0.29, 0.717) is 43.4 Å². The Balaban J connectivity index is 2.13. The van der Waals surface area contributed by atoms with Gasteiger partial charge in [0.25, 0.3) is 0 Å². The molecule has 0 atom stereocenters. The molecule has 164 valence electrons. The zero-order chi connectivity index (χ0) is 21.9. The van der Waals surface area contributed by atoms with Gasteiger partial charge in [-0.2, -0.15) is 0 Å². The quantitative estimate of drug-likeness (QED) is 0.435. The van der Waals surface area contributed by atoms with E-state index in [-0.39, 0.29) is 24.2 Å². The first-order valence-electron chi connectivity index (χ1n) is 9.40. The summed E-state index contributed by atoms with van der Waals surface area (Å²) in [5.74, 6) is 0.665. The predicted octanol–water partition coefficient (Wildman–Crippen LogP) is 2.94. The number of aromatic nitrogens is 1. The van der Waals surface area contributed by atoms with Crippen LogP contribution in [0, 0.1) is 0 Å². The molecule has 0 radical (unpaired) electrons. The number of urea groups is 1. The summed E-state index contributed by atoms with van der Waals surface area (Å²) in [5, 5.41) is 2.82. The molecule has 0 aliphatic heterocycles. The van der Waals surface area contributed by atoms with Crippen molar-refractivity contribution in [3.8, 4) is 11.5 Å². The summed E-state index contributed by atoms with van der Waals surface area (Å²) in [6, 6.07) is 4.70. The van der Waals surface area contributed by atoms with Crippen molar-refractivity contribution in [3.63, 3.8) is 0 Å². The Morgan fingerprint density at radius 1 is 1.20 bits per heavy atom. The van der Waals surface area contributed by atoms with Crippen molar-refractivity contribution in [3.05, 3.63) is 36.0 Å². The van der Waals surface area contributed by atoms with Crippen molar-refractivity contribution in [2.24, 2.45) is 0 Å². The summed E-state index contributed by atoms with van der Waals surface area (Å²) in [7, 11) is 4.31. The number of hydrogen-bond acceptors (Lipinski definition) is 8. The van der Waals surface area contributed by atoms with E-state index < -0.39 is 5.97 Å². The van der Waals surface area contributed by atoms with Gasteiger partial charge >= 0.3 is 12.0 Å². The molecule has 2 aromatic rings. The molecule has 10 nitrogen and oxygen atoms in total. The fourth-order valence-corrected chi connectivity index (χ4v) is 2.60. The van der Waals surface area contributed by atoms with Gasteiger partial charge in [-0.3, -0.25) is 0 Å². The van der Waals surface area contributed by atoms with E-state index in [2.05, 4.69) is 15.0 Å². The summed E-state index contributed by atoms with van der Waals surface area (Å²) >= 11 is 0. The topological polar surface area (TPSA) is 112 Å². The molecular weight excluding hydrogens is 394 g/mol. The molecule has 0 spiro atoms. The van der Waals surface area contributed by atoms with Gasteiger partial charge in [0.2, 0.25) is 5.89 Å². The van der Waals surface area contributed by atoms with Crippen LogP contribution in [0.15, 0.2) is 28.9 Å². The number of benzene rings is 1. The standard InChI is InChI=1S/C20H27N3O7/c1-5-29-10-6-9-23(12-18-21-16(13-30-18)19(24)28-4)20(25)22-15-8-7-14(26-2)11-17(15)27-3/h7-8,11,13H,5-6,9-10,12H2,1-4H3,(H,22,25). The number of rotatable bonds is 11. The lowest BCUT2D eigenvalue weighted by Gasteiger charge is -2.22. The van der Waals surface area contributed by atoms with Gasteiger partial charge < -0.3 is 33.6 Å². The SMILES string of the molecule is CCOCCCN(Cc1nc(C(=O)OC)co1)C(=O)Nc1ccc(OC)cc1OC. The molecule has 10 heteroatoms. The zero-order valence-electron chi connectivity index (χ0n) is 17.6. The maximum absolute atomic E-state index is 12.9. The lowest BCUT2D eigenvalue weighted by atomic mass is 10.2. The number of esters is 1. The van der Waals surface area contributed by atoms with Crippen molar-refractivity contribution >= 4 is 17.7 Å². The van der Waals surface area contributed by atoms with Crippen molar-refractivity contribution in [2.45, 2.75) is 19.9 Å². The summed E-state index contributed by atoms with van der Waals surface area (Å²) in [6.45, 7) is 3.46. The maximum Gasteiger partial charge on any atom is 0.360 e. The van der Waals surface area contributed by atoms with Crippen LogP contribution in [-0.4, -0.2) is 63.0 Å². The minimum absolute atomic E-state index is 0.0407. The normalized spacial score (nSPS) is 10.4. The summed E-state index contributed by atoms with van der Waals surface area (Å²) in [4.78, 5) is 30.1. The van der Waals surface area contributed by atoms with Crippen molar-refractivity contribution in [1.82, 2.24) is 9.88 Å². The van der Waals surface area contributed by atoms with Gasteiger partial charge in [0.15, 0.2) is 5.69 Å². The minimum atomic E-state index is -0.611. The van der Waals surface area contributed by atoms with Gasteiger partial charge in [0.05, 0.1) is 33.6 Å². The molecule has 2 rings (SSSR count). The fraction of sp³-hybridized carbons (Fsp3) is 0.450. The van der Waals surface area contributed by atoms with E-state index in [1.54, 1.807) is 25.3 Å². The molecule has 0 fully saturated rings. The molecule has 1 heterocycles. The third kappa shape index (κ3) is 6.38. The highest BCUT2D eigenvalue weighted by molar-refractivity contribution is 5.91. The summed E-state index contributed by atoms with van der Waals surface area (Å²) in [5.41, 5.74) is 0.528. The number of oxazole rings is 1. The Labute approximate surface area is 175 Å². The van der Waals surface area contributed by atoms with Crippen LogP contribution >= 0.6 is 0 Å². The lowest BCUT2D eigenvalue weighted by molar-refractivity contribution is 0.0594. The fourth-order valence-electron chi connectivity index (χ4n) is 2.60.